The summed E-state index contributed by atoms with van der Waals surface area (Å²) in [5.74, 6) is 2.05. The van der Waals surface area contributed by atoms with Gasteiger partial charge >= 0.3 is 0 Å². The molecule has 2 aromatic carbocycles. The van der Waals surface area contributed by atoms with Gasteiger partial charge in [-0.25, -0.2) is 0 Å². The lowest BCUT2D eigenvalue weighted by atomic mass is 10.2. The van der Waals surface area contributed by atoms with E-state index in [1.54, 1.807) is 0 Å². The number of para-hydroxylation sites is 1. The molecule has 0 bridgehead atoms. The first-order valence-electron chi connectivity index (χ1n) is 8.09. The van der Waals surface area contributed by atoms with Crippen LogP contribution in [0.2, 0.25) is 13.1 Å². The molecule has 0 saturated heterocycles. The highest BCUT2D eigenvalue weighted by atomic mass is 28.3. The monoisotopic (exact) mass is 322 g/mol. The first-order chi connectivity index (χ1) is 11.0. The van der Waals surface area contributed by atoms with Gasteiger partial charge in [0, 0.05) is 31.2 Å². The van der Waals surface area contributed by atoms with E-state index in [-0.39, 0.29) is 0 Å². The predicted molar refractivity (Wildman–Crippen MR) is 98.6 cm³/mol. The number of nitrogens with zero attached hydrogens (tertiary/aromatic N) is 2. The normalized spacial score (nSPS) is 21.0. The number of ether oxygens (including phenoxy) is 1. The zero-order chi connectivity index (χ0) is 16.2. The molecule has 2 heterocycles. The molecule has 118 valence electrons. The van der Waals surface area contributed by atoms with Crippen molar-refractivity contribution in [2.75, 3.05) is 11.9 Å². The lowest BCUT2D eigenvalue weighted by Gasteiger charge is -2.34. The first kappa shape index (κ1) is 14.4. The predicted octanol–water partition coefficient (Wildman–Crippen LogP) is 3.18. The van der Waals surface area contributed by atoms with Crippen molar-refractivity contribution < 1.29 is 4.74 Å². The van der Waals surface area contributed by atoms with Crippen LogP contribution in [0.5, 0.6) is 11.5 Å². The second kappa shape index (κ2) is 4.90. The van der Waals surface area contributed by atoms with E-state index >= 15 is 0 Å². The fourth-order valence-electron chi connectivity index (χ4n) is 3.53. The van der Waals surface area contributed by atoms with Gasteiger partial charge in [0.1, 0.15) is 25.7 Å². The topological polar surface area (TPSA) is 15.7 Å². The molecule has 0 fully saturated rings. The van der Waals surface area contributed by atoms with E-state index in [0.29, 0.717) is 6.17 Å². The molecule has 0 amide bonds. The van der Waals surface area contributed by atoms with Gasteiger partial charge in [-0.05, 0) is 29.4 Å². The number of rotatable bonds is 1. The van der Waals surface area contributed by atoms with Crippen molar-refractivity contribution in [1.82, 2.24) is 4.90 Å². The van der Waals surface area contributed by atoms with E-state index in [1.165, 1.54) is 16.1 Å². The minimum atomic E-state index is -1.70. The standard InChI is InChI=1S/C19H22N2OSi/c1-14-20(2)11-12-21(14)15-9-10-19-17(13-15)22-16-7-5-6-8-18(16)23(19,3)4/h5-14H,1-4H3/t14-/m0/s1. The van der Waals surface area contributed by atoms with E-state index in [0.717, 1.165) is 11.5 Å². The van der Waals surface area contributed by atoms with Crippen molar-refractivity contribution in [2.24, 2.45) is 0 Å². The first-order valence-corrected chi connectivity index (χ1v) is 11.1. The fraction of sp³-hybridized carbons (Fsp3) is 0.263. The van der Waals surface area contributed by atoms with Gasteiger partial charge in [0.25, 0.3) is 0 Å². The van der Waals surface area contributed by atoms with Crippen LogP contribution in [0, 0.1) is 0 Å². The summed E-state index contributed by atoms with van der Waals surface area (Å²) in [7, 11) is 0.403. The number of hydrogen-bond donors (Lipinski definition) is 0. The Morgan fingerprint density at radius 3 is 2.43 bits per heavy atom. The Hall–Kier alpha value is -2.20. The summed E-state index contributed by atoms with van der Waals surface area (Å²) in [5, 5.41) is 2.76. The Morgan fingerprint density at radius 1 is 0.957 bits per heavy atom. The van der Waals surface area contributed by atoms with Crippen LogP contribution in [-0.2, 0) is 0 Å². The Bertz CT molecular complexity index is 800. The van der Waals surface area contributed by atoms with E-state index in [2.05, 4.69) is 91.7 Å². The van der Waals surface area contributed by atoms with Gasteiger partial charge in [-0.15, -0.1) is 0 Å². The van der Waals surface area contributed by atoms with Gasteiger partial charge in [-0.2, -0.15) is 0 Å². The summed E-state index contributed by atoms with van der Waals surface area (Å²) < 4.78 is 6.25. The average molecular weight is 322 g/mol. The number of benzene rings is 2. The van der Waals surface area contributed by atoms with Gasteiger partial charge < -0.3 is 14.5 Å². The Balaban J connectivity index is 1.79. The summed E-state index contributed by atoms with van der Waals surface area (Å²) in [5.41, 5.74) is 1.18. The molecule has 3 nitrogen and oxygen atoms in total. The van der Waals surface area contributed by atoms with Crippen molar-refractivity contribution >= 4 is 24.1 Å². The average Bonchev–Trinajstić information content (AvgIpc) is 2.87. The molecule has 4 heteroatoms. The molecule has 4 rings (SSSR count). The second-order valence-corrected chi connectivity index (χ2v) is 11.2. The number of anilines is 1. The quantitative estimate of drug-likeness (QED) is 0.750. The van der Waals surface area contributed by atoms with Crippen LogP contribution in [0.1, 0.15) is 6.92 Å². The van der Waals surface area contributed by atoms with Crippen LogP contribution in [0.15, 0.2) is 54.9 Å². The maximum atomic E-state index is 6.25. The third-order valence-electron chi connectivity index (χ3n) is 5.17. The van der Waals surface area contributed by atoms with Gasteiger partial charge in [0.2, 0.25) is 0 Å². The van der Waals surface area contributed by atoms with Crippen LogP contribution in [0.3, 0.4) is 0 Å². The van der Waals surface area contributed by atoms with E-state index in [4.69, 9.17) is 4.74 Å². The molecule has 2 aromatic rings. The number of fused-ring (bicyclic) bond motifs is 2. The fourth-order valence-corrected chi connectivity index (χ4v) is 6.32. The molecule has 0 aliphatic carbocycles. The van der Waals surface area contributed by atoms with Crippen LogP contribution in [-0.4, -0.2) is 26.2 Å². The van der Waals surface area contributed by atoms with Crippen molar-refractivity contribution in [3.8, 4) is 11.5 Å². The van der Waals surface area contributed by atoms with E-state index in [9.17, 15) is 0 Å². The molecule has 0 aromatic heterocycles. The zero-order valence-corrected chi connectivity index (χ0v) is 15.1. The third-order valence-corrected chi connectivity index (χ3v) is 8.69. The molecule has 0 N–H and O–H groups in total. The molecule has 0 spiro atoms. The molecule has 2 aliphatic rings. The summed E-state index contributed by atoms with van der Waals surface area (Å²) in [6.45, 7) is 7.01. The maximum Gasteiger partial charge on any atom is 0.129 e. The summed E-state index contributed by atoms with van der Waals surface area (Å²) in [6, 6.07) is 15.2. The molecular weight excluding hydrogens is 300 g/mol. The highest BCUT2D eigenvalue weighted by Crippen LogP contribution is 2.33. The summed E-state index contributed by atoms with van der Waals surface area (Å²) in [4.78, 5) is 4.48. The highest BCUT2D eigenvalue weighted by molar-refractivity contribution is 7.01. The Kier molecular flexibility index (Phi) is 3.06. The van der Waals surface area contributed by atoms with Gasteiger partial charge in [-0.3, -0.25) is 0 Å². The molecule has 0 unspecified atom stereocenters. The largest absolute Gasteiger partial charge is 0.458 e. The zero-order valence-electron chi connectivity index (χ0n) is 14.1. The smallest absolute Gasteiger partial charge is 0.129 e. The van der Waals surface area contributed by atoms with Crippen molar-refractivity contribution in [2.45, 2.75) is 26.2 Å². The summed E-state index contributed by atoms with van der Waals surface area (Å²) >= 11 is 0. The molecule has 1 atom stereocenters. The van der Waals surface area contributed by atoms with Crippen molar-refractivity contribution in [3.63, 3.8) is 0 Å². The Morgan fingerprint density at radius 2 is 1.70 bits per heavy atom. The van der Waals surface area contributed by atoms with Crippen LogP contribution < -0.4 is 20.0 Å². The maximum absolute atomic E-state index is 6.25. The van der Waals surface area contributed by atoms with Gasteiger partial charge in [-0.1, -0.05) is 37.4 Å². The molecule has 23 heavy (non-hydrogen) atoms. The Labute approximate surface area is 138 Å². The highest BCUT2D eigenvalue weighted by Gasteiger charge is 2.36. The van der Waals surface area contributed by atoms with Crippen LogP contribution in [0.4, 0.5) is 5.69 Å². The lowest BCUT2D eigenvalue weighted by molar-refractivity contribution is 0.383. The molecular formula is C19H22N2OSi. The minimum Gasteiger partial charge on any atom is -0.458 e. The van der Waals surface area contributed by atoms with Gasteiger partial charge in [0.05, 0.1) is 0 Å². The van der Waals surface area contributed by atoms with Crippen LogP contribution in [0.25, 0.3) is 0 Å². The number of hydrogen-bond acceptors (Lipinski definition) is 3. The van der Waals surface area contributed by atoms with Crippen molar-refractivity contribution in [1.29, 1.82) is 0 Å². The third kappa shape index (κ3) is 2.09. The van der Waals surface area contributed by atoms with Crippen LogP contribution >= 0.6 is 0 Å². The van der Waals surface area contributed by atoms with Crippen molar-refractivity contribution in [3.05, 3.63) is 54.9 Å². The van der Waals surface area contributed by atoms with E-state index in [1.807, 2.05) is 0 Å². The second-order valence-electron chi connectivity index (χ2n) is 6.91. The molecule has 0 radical (unpaired) electrons. The SMILES string of the molecule is C[C@H]1N(C)C=CN1c1ccc2c(c1)Oc1ccccc1[Si]2(C)C. The van der Waals surface area contributed by atoms with Gasteiger partial charge in [0.15, 0.2) is 0 Å². The van der Waals surface area contributed by atoms with E-state index < -0.39 is 8.07 Å². The molecule has 2 aliphatic heterocycles. The summed E-state index contributed by atoms with van der Waals surface area (Å²) in [6.07, 6.45) is 4.57. The lowest BCUT2D eigenvalue weighted by Crippen LogP contribution is -2.56. The minimum absolute atomic E-state index is 0.328. The molecule has 0 saturated carbocycles.